The summed E-state index contributed by atoms with van der Waals surface area (Å²) in [7, 11) is 6.37. The van der Waals surface area contributed by atoms with Crippen LogP contribution in [-0.4, -0.2) is 48.2 Å². The van der Waals surface area contributed by atoms with Crippen molar-refractivity contribution in [2.75, 3.05) is 27.7 Å². The molecule has 1 atom stereocenters. The van der Waals surface area contributed by atoms with Gasteiger partial charge in [0.2, 0.25) is 0 Å². The Morgan fingerprint density at radius 3 is 2.23 bits per heavy atom. The van der Waals surface area contributed by atoms with Crippen LogP contribution in [0.25, 0.3) is 0 Å². The van der Waals surface area contributed by atoms with Crippen molar-refractivity contribution in [2.24, 2.45) is 0 Å². The van der Waals surface area contributed by atoms with Gasteiger partial charge in [-0.25, -0.2) is 0 Å². The van der Waals surface area contributed by atoms with E-state index >= 15 is 0 Å². The molecule has 0 unspecified atom stereocenters. The van der Waals surface area contributed by atoms with Gasteiger partial charge < -0.3 is 14.9 Å². The second kappa shape index (κ2) is 7.58. The zero-order valence-electron chi connectivity index (χ0n) is 14.7. The van der Waals surface area contributed by atoms with Crippen LogP contribution in [0.5, 0.6) is 0 Å². The second-order valence-corrected chi connectivity index (χ2v) is 7.30. The first kappa shape index (κ1) is 17.5. The fourth-order valence-corrected chi connectivity index (χ4v) is 3.27. The monoisotopic (exact) mass is 304 g/mol. The van der Waals surface area contributed by atoms with Crippen molar-refractivity contribution < 1.29 is 5.11 Å². The maximum absolute atomic E-state index is 10.4. The standard InChI is InChI=1S/C19H32N2O/c1-16(20(2)3)18-9-7-17(8-10-18)15-21(4)14-13-19(22)11-5-6-12-19/h7-10,16,22H,5-6,11-15H2,1-4H3/t16-/m1/s1. The van der Waals surface area contributed by atoms with Gasteiger partial charge in [-0.3, -0.25) is 0 Å². The van der Waals surface area contributed by atoms with Crippen LogP contribution in [0.15, 0.2) is 24.3 Å². The quantitative estimate of drug-likeness (QED) is 0.836. The molecule has 0 saturated heterocycles. The van der Waals surface area contributed by atoms with Gasteiger partial charge in [0, 0.05) is 19.1 Å². The first-order valence-electron chi connectivity index (χ1n) is 8.56. The third kappa shape index (κ3) is 4.80. The molecule has 1 N–H and O–H groups in total. The summed E-state index contributed by atoms with van der Waals surface area (Å²) in [6.07, 6.45) is 5.24. The molecule has 0 aliphatic heterocycles. The molecule has 1 aliphatic carbocycles. The van der Waals surface area contributed by atoms with Crippen molar-refractivity contribution in [1.29, 1.82) is 0 Å². The highest BCUT2D eigenvalue weighted by Gasteiger charge is 2.30. The molecule has 1 aromatic carbocycles. The summed E-state index contributed by atoms with van der Waals surface area (Å²) in [4.78, 5) is 4.55. The number of hydrogen-bond donors (Lipinski definition) is 1. The smallest absolute Gasteiger partial charge is 0.0660 e. The maximum atomic E-state index is 10.4. The fraction of sp³-hybridized carbons (Fsp3) is 0.684. The highest BCUT2D eigenvalue weighted by Crippen LogP contribution is 2.32. The largest absolute Gasteiger partial charge is 0.390 e. The molecule has 3 nitrogen and oxygen atoms in total. The van der Waals surface area contributed by atoms with Crippen molar-refractivity contribution in [3.05, 3.63) is 35.4 Å². The lowest BCUT2D eigenvalue weighted by Crippen LogP contribution is -2.31. The summed E-state index contributed by atoms with van der Waals surface area (Å²) in [5.74, 6) is 0. The van der Waals surface area contributed by atoms with E-state index in [2.05, 4.69) is 62.1 Å². The molecule has 1 aliphatic rings. The molecule has 0 bridgehead atoms. The molecule has 2 rings (SSSR count). The summed E-state index contributed by atoms with van der Waals surface area (Å²) in [6.45, 7) is 4.14. The Labute approximate surface area is 135 Å². The number of rotatable bonds is 7. The van der Waals surface area contributed by atoms with E-state index < -0.39 is 0 Å². The normalized spacial score (nSPS) is 19.0. The summed E-state index contributed by atoms with van der Waals surface area (Å²) in [5, 5.41) is 10.4. The van der Waals surface area contributed by atoms with E-state index in [-0.39, 0.29) is 5.60 Å². The van der Waals surface area contributed by atoms with Crippen LogP contribution in [0, 0.1) is 0 Å². The van der Waals surface area contributed by atoms with E-state index in [0.717, 1.165) is 32.4 Å². The minimum atomic E-state index is -0.390. The first-order chi connectivity index (χ1) is 10.4. The van der Waals surface area contributed by atoms with Crippen molar-refractivity contribution in [1.82, 2.24) is 9.80 Å². The Bertz CT molecular complexity index is 449. The second-order valence-electron chi connectivity index (χ2n) is 7.30. The number of nitrogens with zero attached hydrogens (tertiary/aromatic N) is 2. The molecule has 0 heterocycles. The highest BCUT2D eigenvalue weighted by atomic mass is 16.3. The van der Waals surface area contributed by atoms with Crippen LogP contribution >= 0.6 is 0 Å². The van der Waals surface area contributed by atoms with Gasteiger partial charge in [0.15, 0.2) is 0 Å². The molecule has 0 radical (unpaired) electrons. The van der Waals surface area contributed by atoms with E-state index in [1.807, 2.05) is 0 Å². The van der Waals surface area contributed by atoms with Gasteiger partial charge in [0.25, 0.3) is 0 Å². The molecule has 1 fully saturated rings. The molecular formula is C19H32N2O. The van der Waals surface area contributed by atoms with Crippen LogP contribution in [0.1, 0.15) is 56.2 Å². The molecule has 3 heteroatoms. The van der Waals surface area contributed by atoms with Gasteiger partial charge >= 0.3 is 0 Å². The Morgan fingerprint density at radius 1 is 1.09 bits per heavy atom. The predicted molar refractivity (Wildman–Crippen MR) is 92.9 cm³/mol. The van der Waals surface area contributed by atoms with E-state index in [1.54, 1.807) is 0 Å². The Hall–Kier alpha value is -0.900. The third-order valence-electron chi connectivity index (χ3n) is 5.18. The number of aliphatic hydroxyl groups is 1. The predicted octanol–water partition coefficient (Wildman–Crippen LogP) is 3.44. The molecule has 0 amide bonds. The van der Waals surface area contributed by atoms with Crippen LogP contribution < -0.4 is 0 Å². The molecule has 0 aromatic heterocycles. The Balaban J connectivity index is 1.82. The van der Waals surface area contributed by atoms with Crippen molar-refractivity contribution in [3.8, 4) is 0 Å². The van der Waals surface area contributed by atoms with E-state index in [9.17, 15) is 5.11 Å². The van der Waals surface area contributed by atoms with Crippen LogP contribution in [0.2, 0.25) is 0 Å². The molecule has 0 spiro atoms. The average molecular weight is 304 g/mol. The van der Waals surface area contributed by atoms with Gasteiger partial charge in [-0.1, -0.05) is 37.1 Å². The van der Waals surface area contributed by atoms with Gasteiger partial charge in [-0.2, -0.15) is 0 Å². The first-order valence-corrected chi connectivity index (χ1v) is 8.56. The van der Waals surface area contributed by atoms with Crippen LogP contribution in [0.4, 0.5) is 0 Å². The van der Waals surface area contributed by atoms with Crippen molar-refractivity contribution in [3.63, 3.8) is 0 Å². The number of benzene rings is 1. The fourth-order valence-electron chi connectivity index (χ4n) is 3.27. The summed E-state index contributed by atoms with van der Waals surface area (Å²) in [6, 6.07) is 9.38. The third-order valence-corrected chi connectivity index (χ3v) is 5.18. The van der Waals surface area contributed by atoms with Gasteiger partial charge in [0.1, 0.15) is 0 Å². The van der Waals surface area contributed by atoms with E-state index in [0.29, 0.717) is 6.04 Å². The average Bonchev–Trinajstić information content (AvgIpc) is 2.92. The lowest BCUT2D eigenvalue weighted by atomic mass is 9.98. The lowest BCUT2D eigenvalue weighted by Gasteiger charge is -2.26. The Kier molecular flexibility index (Phi) is 6.01. The summed E-state index contributed by atoms with van der Waals surface area (Å²) in [5.41, 5.74) is 2.31. The minimum Gasteiger partial charge on any atom is -0.390 e. The zero-order valence-corrected chi connectivity index (χ0v) is 14.7. The summed E-state index contributed by atoms with van der Waals surface area (Å²) < 4.78 is 0. The SMILES string of the molecule is C[C@H](c1ccc(CN(C)CCC2(O)CCCC2)cc1)N(C)C. The van der Waals surface area contributed by atoms with E-state index in [1.165, 1.54) is 24.0 Å². The minimum absolute atomic E-state index is 0.390. The highest BCUT2D eigenvalue weighted by molar-refractivity contribution is 5.24. The molecule has 1 aromatic rings. The molecule has 124 valence electrons. The number of hydrogen-bond acceptors (Lipinski definition) is 3. The van der Waals surface area contributed by atoms with Gasteiger partial charge in [0.05, 0.1) is 5.60 Å². The molecule has 1 saturated carbocycles. The van der Waals surface area contributed by atoms with Gasteiger partial charge in [-0.15, -0.1) is 0 Å². The lowest BCUT2D eigenvalue weighted by molar-refractivity contribution is 0.0297. The summed E-state index contributed by atoms with van der Waals surface area (Å²) >= 11 is 0. The van der Waals surface area contributed by atoms with Crippen molar-refractivity contribution in [2.45, 2.75) is 57.2 Å². The van der Waals surface area contributed by atoms with E-state index in [4.69, 9.17) is 0 Å². The molecule has 22 heavy (non-hydrogen) atoms. The van der Waals surface area contributed by atoms with Crippen LogP contribution in [-0.2, 0) is 6.54 Å². The maximum Gasteiger partial charge on any atom is 0.0660 e. The topological polar surface area (TPSA) is 26.7 Å². The Morgan fingerprint density at radius 2 is 1.68 bits per heavy atom. The van der Waals surface area contributed by atoms with Crippen LogP contribution in [0.3, 0.4) is 0 Å². The van der Waals surface area contributed by atoms with Gasteiger partial charge in [-0.05, 0) is 58.5 Å². The van der Waals surface area contributed by atoms with Crippen molar-refractivity contribution >= 4 is 0 Å². The molecular weight excluding hydrogens is 272 g/mol. The zero-order chi connectivity index (χ0) is 16.2.